The van der Waals surface area contributed by atoms with Crippen LogP contribution in [0.1, 0.15) is 19.8 Å². The molecule has 0 saturated carbocycles. The Morgan fingerprint density at radius 2 is 2.40 bits per heavy atom. The van der Waals surface area contributed by atoms with Crippen molar-refractivity contribution in [3.05, 3.63) is 0 Å². The van der Waals surface area contributed by atoms with Crippen molar-refractivity contribution in [1.82, 2.24) is 5.32 Å². The first-order chi connectivity index (χ1) is 4.88. The highest BCUT2D eigenvalue weighted by Gasteiger charge is 2.24. The standard InChI is InChI=1S/C8H17NO/c1-3-8-7(6-10-2)4-5-9-8/h7-9H,3-6H2,1-2H3. The van der Waals surface area contributed by atoms with E-state index in [9.17, 15) is 0 Å². The first-order valence-corrected chi connectivity index (χ1v) is 4.10. The molecule has 0 spiro atoms. The molecule has 2 heteroatoms. The maximum atomic E-state index is 5.12. The Morgan fingerprint density at radius 3 is 3.00 bits per heavy atom. The van der Waals surface area contributed by atoms with Crippen LogP contribution in [0.25, 0.3) is 0 Å². The SMILES string of the molecule is CCC1NCCC1COC. The lowest BCUT2D eigenvalue weighted by Gasteiger charge is -2.15. The van der Waals surface area contributed by atoms with E-state index < -0.39 is 0 Å². The molecule has 2 nitrogen and oxygen atoms in total. The number of nitrogens with one attached hydrogen (secondary N) is 1. The Balaban J connectivity index is 2.27. The van der Waals surface area contributed by atoms with Gasteiger partial charge >= 0.3 is 0 Å². The Morgan fingerprint density at radius 1 is 1.60 bits per heavy atom. The van der Waals surface area contributed by atoms with Gasteiger partial charge in [-0.05, 0) is 25.3 Å². The quantitative estimate of drug-likeness (QED) is 0.637. The van der Waals surface area contributed by atoms with Crippen LogP contribution in [0, 0.1) is 5.92 Å². The summed E-state index contributed by atoms with van der Waals surface area (Å²) in [4.78, 5) is 0. The first kappa shape index (κ1) is 8.02. The van der Waals surface area contributed by atoms with Crippen molar-refractivity contribution in [1.29, 1.82) is 0 Å². The third kappa shape index (κ3) is 1.70. The third-order valence-electron chi connectivity index (χ3n) is 2.31. The van der Waals surface area contributed by atoms with Crippen LogP contribution in [0.5, 0.6) is 0 Å². The predicted octanol–water partition coefficient (Wildman–Crippen LogP) is 1.02. The molecule has 1 fully saturated rings. The van der Waals surface area contributed by atoms with E-state index in [1.165, 1.54) is 19.4 Å². The molecule has 2 atom stereocenters. The van der Waals surface area contributed by atoms with Gasteiger partial charge in [0.25, 0.3) is 0 Å². The molecule has 0 aromatic heterocycles. The Labute approximate surface area is 63.0 Å². The van der Waals surface area contributed by atoms with Crippen LogP contribution < -0.4 is 5.32 Å². The fourth-order valence-corrected chi connectivity index (χ4v) is 1.71. The fourth-order valence-electron chi connectivity index (χ4n) is 1.71. The van der Waals surface area contributed by atoms with Crippen molar-refractivity contribution in [3.8, 4) is 0 Å². The van der Waals surface area contributed by atoms with Gasteiger partial charge in [-0.15, -0.1) is 0 Å². The summed E-state index contributed by atoms with van der Waals surface area (Å²) in [6.45, 7) is 4.32. The molecule has 0 aromatic carbocycles. The van der Waals surface area contributed by atoms with Crippen molar-refractivity contribution >= 4 is 0 Å². The summed E-state index contributed by atoms with van der Waals surface area (Å²) >= 11 is 0. The summed E-state index contributed by atoms with van der Waals surface area (Å²) < 4.78 is 5.12. The van der Waals surface area contributed by atoms with Gasteiger partial charge in [0, 0.05) is 13.2 Å². The maximum absolute atomic E-state index is 5.12. The average molecular weight is 143 g/mol. The van der Waals surface area contributed by atoms with Gasteiger partial charge in [-0.2, -0.15) is 0 Å². The van der Waals surface area contributed by atoms with Crippen molar-refractivity contribution in [3.63, 3.8) is 0 Å². The molecule has 1 N–H and O–H groups in total. The van der Waals surface area contributed by atoms with Crippen LogP contribution in [-0.4, -0.2) is 26.3 Å². The zero-order chi connectivity index (χ0) is 7.40. The minimum absolute atomic E-state index is 0.708. The van der Waals surface area contributed by atoms with Gasteiger partial charge in [0.2, 0.25) is 0 Å². The summed E-state index contributed by atoms with van der Waals surface area (Å²) in [6.07, 6.45) is 2.51. The molecule has 0 radical (unpaired) electrons. The zero-order valence-corrected chi connectivity index (χ0v) is 6.89. The van der Waals surface area contributed by atoms with E-state index in [1.807, 2.05) is 0 Å². The summed E-state index contributed by atoms with van der Waals surface area (Å²) in [5.41, 5.74) is 0. The molecule has 1 aliphatic rings. The lowest BCUT2D eigenvalue weighted by Crippen LogP contribution is -2.28. The summed E-state index contributed by atoms with van der Waals surface area (Å²) in [5.74, 6) is 0.759. The third-order valence-corrected chi connectivity index (χ3v) is 2.31. The van der Waals surface area contributed by atoms with Gasteiger partial charge in [-0.25, -0.2) is 0 Å². The molecule has 1 rings (SSSR count). The monoisotopic (exact) mass is 143 g/mol. The second-order valence-electron chi connectivity index (χ2n) is 2.97. The molecule has 0 amide bonds. The number of ether oxygens (including phenoxy) is 1. The Kier molecular flexibility index (Phi) is 3.16. The molecular weight excluding hydrogens is 126 g/mol. The van der Waals surface area contributed by atoms with E-state index in [2.05, 4.69) is 12.2 Å². The van der Waals surface area contributed by atoms with Gasteiger partial charge in [-0.3, -0.25) is 0 Å². The molecule has 0 aromatic rings. The van der Waals surface area contributed by atoms with E-state index in [1.54, 1.807) is 7.11 Å². The first-order valence-electron chi connectivity index (χ1n) is 4.10. The number of hydrogen-bond acceptors (Lipinski definition) is 2. The van der Waals surface area contributed by atoms with E-state index in [-0.39, 0.29) is 0 Å². The van der Waals surface area contributed by atoms with Crippen LogP contribution in [0.3, 0.4) is 0 Å². The highest BCUT2D eigenvalue weighted by molar-refractivity contribution is 4.81. The summed E-state index contributed by atoms with van der Waals surface area (Å²) in [6, 6.07) is 0.708. The molecule has 0 aliphatic carbocycles. The van der Waals surface area contributed by atoms with Crippen molar-refractivity contribution in [2.24, 2.45) is 5.92 Å². The topological polar surface area (TPSA) is 21.3 Å². The van der Waals surface area contributed by atoms with Crippen LogP contribution in [0.4, 0.5) is 0 Å². The Hall–Kier alpha value is -0.0800. The van der Waals surface area contributed by atoms with Gasteiger partial charge in [0.05, 0.1) is 6.61 Å². The average Bonchev–Trinajstić information content (AvgIpc) is 2.36. The summed E-state index contributed by atoms with van der Waals surface area (Å²) in [5, 5.41) is 3.46. The normalized spacial score (nSPS) is 33.0. The van der Waals surface area contributed by atoms with Crippen LogP contribution in [-0.2, 0) is 4.74 Å². The van der Waals surface area contributed by atoms with E-state index in [4.69, 9.17) is 4.74 Å². The molecule has 10 heavy (non-hydrogen) atoms. The van der Waals surface area contributed by atoms with Crippen molar-refractivity contribution in [2.75, 3.05) is 20.3 Å². The number of hydrogen-bond donors (Lipinski definition) is 1. The number of rotatable bonds is 3. The molecule has 60 valence electrons. The Bertz CT molecular complexity index is 95.3. The lowest BCUT2D eigenvalue weighted by atomic mass is 10.0. The van der Waals surface area contributed by atoms with Gasteiger partial charge < -0.3 is 10.1 Å². The van der Waals surface area contributed by atoms with E-state index in [0.29, 0.717) is 6.04 Å². The van der Waals surface area contributed by atoms with E-state index >= 15 is 0 Å². The molecule has 1 saturated heterocycles. The zero-order valence-electron chi connectivity index (χ0n) is 6.89. The second-order valence-corrected chi connectivity index (χ2v) is 2.97. The fraction of sp³-hybridized carbons (Fsp3) is 1.00. The van der Waals surface area contributed by atoms with Crippen LogP contribution in [0.2, 0.25) is 0 Å². The van der Waals surface area contributed by atoms with Gasteiger partial charge in [0.15, 0.2) is 0 Å². The summed E-state index contributed by atoms with van der Waals surface area (Å²) in [7, 11) is 1.78. The molecular formula is C8H17NO. The smallest absolute Gasteiger partial charge is 0.0505 e. The number of methoxy groups -OCH3 is 1. The lowest BCUT2D eigenvalue weighted by molar-refractivity contribution is 0.144. The molecule has 2 unspecified atom stereocenters. The van der Waals surface area contributed by atoms with Gasteiger partial charge in [-0.1, -0.05) is 6.92 Å². The maximum Gasteiger partial charge on any atom is 0.0505 e. The highest BCUT2D eigenvalue weighted by Crippen LogP contribution is 2.17. The molecule has 1 aliphatic heterocycles. The highest BCUT2D eigenvalue weighted by atomic mass is 16.5. The molecule has 0 bridgehead atoms. The van der Waals surface area contributed by atoms with Crippen LogP contribution in [0.15, 0.2) is 0 Å². The largest absolute Gasteiger partial charge is 0.384 e. The minimum atomic E-state index is 0.708. The van der Waals surface area contributed by atoms with E-state index in [0.717, 1.165) is 12.5 Å². The van der Waals surface area contributed by atoms with Crippen molar-refractivity contribution < 1.29 is 4.74 Å². The van der Waals surface area contributed by atoms with Gasteiger partial charge in [0.1, 0.15) is 0 Å². The molecule has 1 heterocycles. The van der Waals surface area contributed by atoms with Crippen molar-refractivity contribution in [2.45, 2.75) is 25.8 Å². The second kappa shape index (κ2) is 3.94. The predicted molar refractivity (Wildman–Crippen MR) is 42.1 cm³/mol. The minimum Gasteiger partial charge on any atom is -0.384 e. The van der Waals surface area contributed by atoms with Crippen LogP contribution >= 0.6 is 0 Å².